The van der Waals surface area contributed by atoms with Gasteiger partial charge in [0.2, 0.25) is 0 Å². The Kier molecular flexibility index (Phi) is 4.46. The number of hydrogen-bond donors (Lipinski definition) is 3. The Hall–Kier alpha value is -1.79. The molecule has 2 rings (SSSR count). The number of pyridine rings is 1. The fraction of sp³-hybridized carbons (Fsp3) is 0.286. The molecule has 0 bridgehead atoms. The van der Waals surface area contributed by atoms with Crippen LogP contribution in [0.2, 0.25) is 0 Å². The van der Waals surface area contributed by atoms with Crippen LogP contribution in [-0.2, 0) is 0 Å². The van der Waals surface area contributed by atoms with E-state index < -0.39 is 6.10 Å². The Morgan fingerprint density at radius 2 is 2.05 bits per heavy atom. The first kappa shape index (κ1) is 14.6. The third-order valence-electron chi connectivity index (χ3n) is 3.09. The fourth-order valence-corrected chi connectivity index (χ4v) is 2.92. The molecule has 0 aliphatic rings. The molecule has 0 spiro atoms. The van der Waals surface area contributed by atoms with Gasteiger partial charge in [-0.15, -0.1) is 11.8 Å². The summed E-state index contributed by atoms with van der Waals surface area (Å²) in [5.74, 6) is 0.0172. The summed E-state index contributed by atoms with van der Waals surface area (Å²) in [4.78, 5) is 5.18. The van der Waals surface area contributed by atoms with Crippen molar-refractivity contribution in [2.75, 3.05) is 0 Å². The van der Waals surface area contributed by atoms with Crippen molar-refractivity contribution in [3.8, 4) is 0 Å². The molecule has 2 aromatic rings. The van der Waals surface area contributed by atoms with Gasteiger partial charge in [0.25, 0.3) is 0 Å². The van der Waals surface area contributed by atoms with Gasteiger partial charge in [-0.3, -0.25) is 4.98 Å². The van der Waals surface area contributed by atoms with Crippen LogP contribution in [0.5, 0.6) is 0 Å². The number of rotatable bonds is 4. The van der Waals surface area contributed by atoms with Crippen LogP contribution in [0.1, 0.15) is 19.4 Å². The maximum atomic E-state index is 9.69. The zero-order valence-electron chi connectivity index (χ0n) is 11.3. The highest BCUT2D eigenvalue weighted by Crippen LogP contribution is 2.34. The van der Waals surface area contributed by atoms with Crippen LogP contribution in [0, 0.1) is 0 Å². The maximum Gasteiger partial charge on any atom is 0.172 e. The second-order valence-electron chi connectivity index (χ2n) is 4.57. The lowest BCUT2D eigenvalue weighted by Gasteiger charge is -2.17. The SMILES string of the molecule is CC(O)C(C)Sc1c(/C(N)=N/O)cnc2ccccc12. The Labute approximate surface area is 121 Å². The standard InChI is InChI=1S/C14H17N3O2S/c1-8(18)9(2)20-13-10-5-3-4-6-12(10)16-7-11(13)14(15)17-19/h3-9,18-19H,1-2H3,(H2,15,17). The first-order chi connectivity index (χ1) is 9.54. The molecular formula is C14H17N3O2S. The minimum atomic E-state index is -0.466. The molecule has 6 heteroatoms. The van der Waals surface area contributed by atoms with Crippen LogP contribution in [-0.4, -0.2) is 32.5 Å². The number of hydrogen-bond acceptors (Lipinski definition) is 5. The van der Waals surface area contributed by atoms with E-state index >= 15 is 0 Å². The molecule has 106 valence electrons. The van der Waals surface area contributed by atoms with Crippen molar-refractivity contribution in [3.63, 3.8) is 0 Å². The van der Waals surface area contributed by atoms with Crippen molar-refractivity contribution >= 4 is 28.5 Å². The van der Waals surface area contributed by atoms with E-state index in [0.717, 1.165) is 15.8 Å². The van der Waals surface area contributed by atoms with E-state index in [1.54, 1.807) is 13.1 Å². The Morgan fingerprint density at radius 3 is 2.70 bits per heavy atom. The monoisotopic (exact) mass is 291 g/mol. The molecule has 0 fully saturated rings. The van der Waals surface area contributed by atoms with Crippen molar-refractivity contribution in [2.24, 2.45) is 10.9 Å². The number of oxime groups is 1. The first-order valence-corrected chi connectivity index (χ1v) is 7.13. The minimum absolute atomic E-state index is 0.0172. The molecule has 0 aliphatic heterocycles. The molecule has 2 atom stereocenters. The van der Waals surface area contributed by atoms with E-state index in [0.29, 0.717) is 5.56 Å². The third kappa shape index (κ3) is 2.86. The largest absolute Gasteiger partial charge is 0.409 e. The summed E-state index contributed by atoms with van der Waals surface area (Å²) in [7, 11) is 0. The number of aliphatic hydroxyl groups is 1. The summed E-state index contributed by atoms with van der Waals surface area (Å²) in [5, 5.41) is 22.6. The average Bonchev–Trinajstić information content (AvgIpc) is 2.46. The summed E-state index contributed by atoms with van der Waals surface area (Å²) in [6, 6.07) is 7.66. The average molecular weight is 291 g/mol. The molecule has 1 aromatic carbocycles. The van der Waals surface area contributed by atoms with Gasteiger partial charge in [-0.2, -0.15) is 0 Å². The number of para-hydroxylation sites is 1. The van der Waals surface area contributed by atoms with Gasteiger partial charge in [0.05, 0.1) is 17.2 Å². The normalized spacial score (nSPS) is 15.2. The van der Waals surface area contributed by atoms with E-state index in [9.17, 15) is 5.11 Å². The number of amidine groups is 1. The number of aromatic nitrogens is 1. The van der Waals surface area contributed by atoms with Crippen molar-refractivity contribution in [1.82, 2.24) is 4.98 Å². The molecule has 2 unspecified atom stereocenters. The van der Waals surface area contributed by atoms with E-state index in [2.05, 4.69) is 10.1 Å². The van der Waals surface area contributed by atoms with Crippen LogP contribution < -0.4 is 5.73 Å². The summed E-state index contributed by atoms with van der Waals surface area (Å²) < 4.78 is 0. The van der Waals surface area contributed by atoms with Crippen molar-refractivity contribution in [3.05, 3.63) is 36.0 Å². The highest BCUT2D eigenvalue weighted by atomic mass is 32.2. The van der Waals surface area contributed by atoms with Crippen LogP contribution in [0.25, 0.3) is 10.9 Å². The summed E-state index contributed by atoms with van der Waals surface area (Å²) in [6.45, 7) is 3.67. The van der Waals surface area contributed by atoms with Crippen LogP contribution in [0.15, 0.2) is 40.5 Å². The van der Waals surface area contributed by atoms with Crippen molar-refractivity contribution in [2.45, 2.75) is 30.1 Å². The second kappa shape index (κ2) is 6.11. The summed E-state index contributed by atoms with van der Waals surface area (Å²) >= 11 is 1.49. The lowest BCUT2D eigenvalue weighted by molar-refractivity contribution is 0.196. The zero-order valence-corrected chi connectivity index (χ0v) is 12.1. The van der Waals surface area contributed by atoms with Gasteiger partial charge in [-0.25, -0.2) is 0 Å². The molecule has 0 amide bonds. The topological polar surface area (TPSA) is 91.7 Å². The van der Waals surface area contributed by atoms with E-state index in [4.69, 9.17) is 10.9 Å². The molecule has 0 saturated carbocycles. The molecule has 0 saturated heterocycles. The van der Waals surface area contributed by atoms with Crippen LogP contribution in [0.3, 0.4) is 0 Å². The Bertz CT molecular complexity index is 643. The number of benzene rings is 1. The Morgan fingerprint density at radius 1 is 1.35 bits per heavy atom. The number of thioether (sulfide) groups is 1. The number of fused-ring (bicyclic) bond motifs is 1. The summed E-state index contributed by atoms with van der Waals surface area (Å²) in [6.07, 6.45) is 1.13. The number of aliphatic hydroxyl groups excluding tert-OH is 1. The number of nitrogens with two attached hydrogens (primary N) is 1. The van der Waals surface area contributed by atoms with Crippen molar-refractivity contribution < 1.29 is 10.3 Å². The fourth-order valence-electron chi connectivity index (χ4n) is 1.76. The quantitative estimate of drug-likeness (QED) is 0.264. The highest BCUT2D eigenvalue weighted by Gasteiger charge is 2.18. The van der Waals surface area contributed by atoms with Gasteiger partial charge in [0.15, 0.2) is 5.84 Å². The second-order valence-corrected chi connectivity index (χ2v) is 5.95. The first-order valence-electron chi connectivity index (χ1n) is 6.25. The molecular weight excluding hydrogens is 274 g/mol. The molecule has 20 heavy (non-hydrogen) atoms. The summed E-state index contributed by atoms with van der Waals surface area (Å²) in [5.41, 5.74) is 7.13. The predicted octanol–water partition coefficient (Wildman–Crippen LogP) is 2.19. The molecule has 1 aromatic heterocycles. The third-order valence-corrected chi connectivity index (χ3v) is 4.53. The lowest BCUT2D eigenvalue weighted by atomic mass is 10.1. The van der Waals surface area contributed by atoms with Crippen LogP contribution >= 0.6 is 11.8 Å². The predicted molar refractivity (Wildman–Crippen MR) is 81.3 cm³/mol. The lowest BCUT2D eigenvalue weighted by Crippen LogP contribution is -2.18. The minimum Gasteiger partial charge on any atom is -0.409 e. The molecule has 5 nitrogen and oxygen atoms in total. The van der Waals surface area contributed by atoms with Gasteiger partial charge in [0, 0.05) is 21.7 Å². The molecule has 0 radical (unpaired) electrons. The van der Waals surface area contributed by atoms with Gasteiger partial charge in [0.1, 0.15) is 0 Å². The van der Waals surface area contributed by atoms with E-state index in [1.807, 2.05) is 31.2 Å². The molecule has 4 N–H and O–H groups in total. The van der Waals surface area contributed by atoms with E-state index in [1.165, 1.54) is 11.8 Å². The highest BCUT2D eigenvalue weighted by molar-refractivity contribution is 8.00. The van der Waals surface area contributed by atoms with E-state index in [-0.39, 0.29) is 11.1 Å². The van der Waals surface area contributed by atoms with Gasteiger partial charge in [-0.05, 0) is 13.0 Å². The Balaban J connectivity index is 2.61. The molecule has 1 heterocycles. The maximum absolute atomic E-state index is 9.69. The smallest absolute Gasteiger partial charge is 0.172 e. The van der Waals surface area contributed by atoms with Crippen molar-refractivity contribution in [1.29, 1.82) is 0 Å². The number of nitrogens with zero attached hydrogens (tertiary/aromatic N) is 2. The zero-order chi connectivity index (χ0) is 14.7. The van der Waals surface area contributed by atoms with Crippen LogP contribution in [0.4, 0.5) is 0 Å². The molecule has 0 aliphatic carbocycles. The van der Waals surface area contributed by atoms with Gasteiger partial charge in [-0.1, -0.05) is 30.3 Å². The van der Waals surface area contributed by atoms with Gasteiger partial charge < -0.3 is 16.0 Å². The van der Waals surface area contributed by atoms with Gasteiger partial charge >= 0.3 is 0 Å².